The lowest BCUT2D eigenvalue weighted by Gasteiger charge is -2.18. The Morgan fingerprint density at radius 3 is 2.22 bits per heavy atom. The maximum absolute atomic E-state index is 11.9. The summed E-state index contributed by atoms with van der Waals surface area (Å²) < 4.78 is 0. The van der Waals surface area contributed by atoms with Crippen LogP contribution in [-0.2, 0) is 0 Å². The van der Waals surface area contributed by atoms with Gasteiger partial charge in [0.2, 0.25) is 0 Å². The van der Waals surface area contributed by atoms with E-state index >= 15 is 0 Å². The largest absolute Gasteiger partial charge is 0.308 e. The summed E-state index contributed by atoms with van der Waals surface area (Å²) in [7, 11) is 6.14. The van der Waals surface area contributed by atoms with Gasteiger partial charge in [-0.15, -0.1) is 0 Å². The second-order valence-corrected chi connectivity index (χ2v) is 5.22. The molecule has 0 aliphatic heterocycles. The van der Waals surface area contributed by atoms with Crippen LogP contribution < -0.4 is 0 Å². The Morgan fingerprint density at radius 2 is 1.67 bits per heavy atom. The number of nitrogens with zero attached hydrogens (tertiary/aromatic N) is 2. The van der Waals surface area contributed by atoms with E-state index in [1.54, 1.807) is 24.3 Å². The van der Waals surface area contributed by atoms with Crippen LogP contribution in [0.4, 0.5) is 0 Å². The van der Waals surface area contributed by atoms with Crippen LogP contribution in [0.1, 0.15) is 16.8 Å². The summed E-state index contributed by atoms with van der Waals surface area (Å²) in [6, 6.07) is 7.07. The predicted octanol–water partition coefficient (Wildman–Crippen LogP) is 2.41. The number of hydrogen-bond donors (Lipinski definition) is 0. The number of ketones is 1. The average Bonchev–Trinajstić information content (AvgIpc) is 2.34. The van der Waals surface area contributed by atoms with E-state index in [-0.39, 0.29) is 5.78 Å². The fourth-order valence-electron chi connectivity index (χ4n) is 1.56. The summed E-state index contributed by atoms with van der Waals surface area (Å²) in [5.41, 5.74) is 0.736. The SMILES string of the molecule is CN(C)CCN(C)CCC(=O)c1ccc(Cl)cc1. The van der Waals surface area contributed by atoms with E-state index < -0.39 is 0 Å². The molecule has 0 saturated heterocycles. The summed E-state index contributed by atoms with van der Waals surface area (Å²) in [5.74, 6) is 0.170. The summed E-state index contributed by atoms with van der Waals surface area (Å²) in [4.78, 5) is 16.2. The van der Waals surface area contributed by atoms with E-state index in [9.17, 15) is 4.79 Å². The normalized spacial score (nSPS) is 11.2. The number of Topliss-reactive ketones (excluding diaryl/α,β-unsaturated/α-hetero) is 1. The van der Waals surface area contributed by atoms with Gasteiger partial charge < -0.3 is 9.80 Å². The van der Waals surface area contributed by atoms with Crippen LogP contribution in [-0.4, -0.2) is 56.4 Å². The van der Waals surface area contributed by atoms with Gasteiger partial charge in [0.05, 0.1) is 0 Å². The van der Waals surface area contributed by atoms with Crippen molar-refractivity contribution in [2.75, 3.05) is 40.8 Å². The smallest absolute Gasteiger partial charge is 0.164 e. The Labute approximate surface area is 114 Å². The zero-order valence-electron chi connectivity index (χ0n) is 11.3. The van der Waals surface area contributed by atoms with E-state index in [0.29, 0.717) is 11.4 Å². The van der Waals surface area contributed by atoms with E-state index in [0.717, 1.165) is 25.2 Å². The van der Waals surface area contributed by atoms with Crippen molar-refractivity contribution in [2.45, 2.75) is 6.42 Å². The lowest BCUT2D eigenvalue weighted by atomic mass is 10.1. The predicted molar refractivity (Wildman–Crippen MR) is 76.5 cm³/mol. The molecular weight excluding hydrogens is 248 g/mol. The van der Waals surface area contributed by atoms with Gasteiger partial charge in [-0.25, -0.2) is 0 Å². The molecule has 1 aromatic rings. The number of benzene rings is 1. The van der Waals surface area contributed by atoms with Crippen LogP contribution in [0.25, 0.3) is 0 Å². The molecule has 0 aromatic heterocycles. The highest BCUT2D eigenvalue weighted by atomic mass is 35.5. The van der Waals surface area contributed by atoms with Crippen molar-refractivity contribution in [2.24, 2.45) is 0 Å². The molecule has 3 nitrogen and oxygen atoms in total. The van der Waals surface area contributed by atoms with Crippen molar-refractivity contribution in [1.82, 2.24) is 9.80 Å². The molecule has 4 heteroatoms. The van der Waals surface area contributed by atoms with Gasteiger partial charge in [0.1, 0.15) is 0 Å². The highest BCUT2D eigenvalue weighted by Crippen LogP contribution is 2.11. The molecule has 0 aliphatic carbocycles. The minimum atomic E-state index is 0.170. The van der Waals surface area contributed by atoms with Crippen LogP contribution >= 0.6 is 11.6 Å². The molecule has 0 fully saturated rings. The third kappa shape index (κ3) is 5.63. The van der Waals surface area contributed by atoms with Crippen LogP contribution in [0.15, 0.2) is 24.3 Å². The second-order valence-electron chi connectivity index (χ2n) is 4.79. The van der Waals surface area contributed by atoms with Gasteiger partial charge in [0, 0.05) is 36.6 Å². The molecule has 0 saturated carbocycles. The maximum Gasteiger partial charge on any atom is 0.164 e. The molecule has 0 spiro atoms. The van der Waals surface area contributed by atoms with Gasteiger partial charge >= 0.3 is 0 Å². The van der Waals surface area contributed by atoms with Crippen LogP contribution in [0.5, 0.6) is 0 Å². The molecule has 1 rings (SSSR count). The highest BCUT2D eigenvalue weighted by Gasteiger charge is 2.07. The molecule has 18 heavy (non-hydrogen) atoms. The lowest BCUT2D eigenvalue weighted by Crippen LogP contribution is -2.30. The topological polar surface area (TPSA) is 23.6 Å². The zero-order chi connectivity index (χ0) is 13.5. The Balaban J connectivity index is 2.34. The number of likely N-dealkylation sites (N-methyl/N-ethyl adjacent to an activating group) is 2. The van der Waals surface area contributed by atoms with Crippen molar-refractivity contribution in [3.63, 3.8) is 0 Å². The number of halogens is 1. The fraction of sp³-hybridized carbons (Fsp3) is 0.500. The first-order valence-electron chi connectivity index (χ1n) is 6.11. The van der Waals surface area contributed by atoms with Crippen molar-refractivity contribution in [3.05, 3.63) is 34.9 Å². The fourth-order valence-corrected chi connectivity index (χ4v) is 1.68. The quantitative estimate of drug-likeness (QED) is 0.710. The van der Waals surface area contributed by atoms with E-state index in [4.69, 9.17) is 11.6 Å². The Hall–Kier alpha value is -0.900. The molecule has 0 amide bonds. The summed E-state index contributed by atoms with van der Waals surface area (Å²) in [6.07, 6.45) is 0.547. The van der Waals surface area contributed by atoms with Crippen LogP contribution in [0.2, 0.25) is 5.02 Å². The molecule has 0 atom stereocenters. The number of rotatable bonds is 7. The molecule has 0 aliphatic rings. The average molecular weight is 269 g/mol. The van der Waals surface area contributed by atoms with Gasteiger partial charge in [0.15, 0.2) is 5.78 Å². The first-order chi connectivity index (χ1) is 8.49. The molecule has 1 aromatic carbocycles. The first-order valence-corrected chi connectivity index (χ1v) is 6.49. The van der Waals surface area contributed by atoms with Crippen LogP contribution in [0.3, 0.4) is 0 Å². The third-order valence-electron chi connectivity index (χ3n) is 2.82. The second kappa shape index (κ2) is 7.52. The van der Waals surface area contributed by atoms with Gasteiger partial charge in [-0.1, -0.05) is 11.6 Å². The molecule has 0 unspecified atom stereocenters. The molecule has 0 heterocycles. The number of carbonyl (C=O) groups excluding carboxylic acids is 1. The molecule has 0 bridgehead atoms. The van der Waals surface area contributed by atoms with E-state index in [1.807, 2.05) is 21.1 Å². The number of carbonyl (C=O) groups is 1. The van der Waals surface area contributed by atoms with Gasteiger partial charge in [-0.3, -0.25) is 4.79 Å². The molecule has 100 valence electrons. The minimum Gasteiger partial charge on any atom is -0.308 e. The number of hydrogen-bond acceptors (Lipinski definition) is 3. The van der Waals surface area contributed by atoms with Crippen molar-refractivity contribution in [3.8, 4) is 0 Å². The summed E-state index contributed by atoms with van der Waals surface area (Å²) in [6.45, 7) is 2.77. The molecule has 0 radical (unpaired) electrons. The minimum absolute atomic E-state index is 0.170. The van der Waals surface area contributed by atoms with Crippen LogP contribution in [0, 0.1) is 0 Å². The summed E-state index contributed by atoms with van der Waals surface area (Å²) >= 11 is 5.79. The first kappa shape index (κ1) is 15.2. The van der Waals surface area contributed by atoms with E-state index in [2.05, 4.69) is 9.80 Å². The van der Waals surface area contributed by atoms with Gasteiger partial charge in [-0.2, -0.15) is 0 Å². The monoisotopic (exact) mass is 268 g/mol. The lowest BCUT2D eigenvalue weighted by molar-refractivity contribution is 0.0968. The molecular formula is C14H21ClN2O. The van der Waals surface area contributed by atoms with E-state index in [1.165, 1.54) is 0 Å². The zero-order valence-corrected chi connectivity index (χ0v) is 12.1. The van der Waals surface area contributed by atoms with Gasteiger partial charge in [-0.05, 0) is 45.4 Å². The summed E-state index contributed by atoms with van der Waals surface area (Å²) in [5, 5.41) is 0.662. The highest BCUT2D eigenvalue weighted by molar-refractivity contribution is 6.30. The molecule has 0 N–H and O–H groups in total. The Bertz CT molecular complexity index is 376. The van der Waals surface area contributed by atoms with Crippen molar-refractivity contribution < 1.29 is 4.79 Å². The van der Waals surface area contributed by atoms with Gasteiger partial charge in [0.25, 0.3) is 0 Å². The Kier molecular flexibility index (Phi) is 6.33. The Morgan fingerprint density at radius 1 is 1.06 bits per heavy atom. The third-order valence-corrected chi connectivity index (χ3v) is 3.07. The maximum atomic E-state index is 11.9. The van der Waals surface area contributed by atoms with Crippen molar-refractivity contribution >= 4 is 17.4 Å². The standard InChI is InChI=1S/C14H21ClN2O/c1-16(2)10-11-17(3)9-8-14(18)12-4-6-13(15)7-5-12/h4-7H,8-11H2,1-3H3. The van der Waals surface area contributed by atoms with Crippen molar-refractivity contribution in [1.29, 1.82) is 0 Å².